The van der Waals surface area contributed by atoms with Gasteiger partial charge in [-0.25, -0.2) is 9.07 Å². The number of ether oxygens (including phenoxy) is 1. The summed E-state index contributed by atoms with van der Waals surface area (Å²) in [6.07, 6.45) is 2.05. The van der Waals surface area contributed by atoms with Crippen LogP contribution in [0.5, 0.6) is 6.01 Å². The fourth-order valence-electron chi connectivity index (χ4n) is 4.91. The van der Waals surface area contributed by atoms with Gasteiger partial charge < -0.3 is 19.6 Å². The Bertz CT molecular complexity index is 1140. The van der Waals surface area contributed by atoms with E-state index in [4.69, 9.17) is 4.74 Å². The van der Waals surface area contributed by atoms with Gasteiger partial charge in [0.1, 0.15) is 12.0 Å². The van der Waals surface area contributed by atoms with Crippen molar-refractivity contribution < 1.29 is 14.2 Å². The van der Waals surface area contributed by atoms with Crippen molar-refractivity contribution in [3.8, 4) is 11.8 Å². The fraction of sp³-hybridized carbons (Fsp3) is 0.522. The molecule has 8 nitrogen and oxygen atoms in total. The average Bonchev–Trinajstić information content (AvgIpc) is 3.39. The standard InChI is InChI=1S/C23H29FN6O2/c1-14-8-15-11-25-30(20(15)9-18(14)17-5-6-28(2)13-19(17)24)22-10-21(26-23(27-22)32-3)29-7-4-16(31)12-29/h8-11,16-17,19,31H,4-7,12-13H2,1-3H3/t16-,17?,19?/m1/s1. The minimum absolute atomic E-state index is 0.125. The zero-order valence-corrected chi connectivity index (χ0v) is 18.7. The number of hydrogen-bond donors (Lipinski definition) is 1. The molecule has 2 aliphatic rings. The number of fused-ring (bicyclic) bond motifs is 1. The van der Waals surface area contributed by atoms with Crippen molar-refractivity contribution in [2.24, 2.45) is 0 Å². The number of methoxy groups -OCH3 is 1. The highest BCUT2D eigenvalue weighted by Crippen LogP contribution is 2.35. The first-order valence-electron chi connectivity index (χ1n) is 11.1. The summed E-state index contributed by atoms with van der Waals surface area (Å²) in [6, 6.07) is 6.25. The van der Waals surface area contributed by atoms with Crippen molar-refractivity contribution >= 4 is 16.7 Å². The average molecular weight is 441 g/mol. The molecule has 0 saturated carbocycles. The largest absolute Gasteiger partial charge is 0.467 e. The maximum atomic E-state index is 14.9. The van der Waals surface area contributed by atoms with Crippen molar-refractivity contribution in [1.82, 2.24) is 24.6 Å². The molecule has 1 N–H and O–H groups in total. The fourth-order valence-corrected chi connectivity index (χ4v) is 4.91. The Hall–Kier alpha value is -2.78. The summed E-state index contributed by atoms with van der Waals surface area (Å²) in [7, 11) is 3.50. The number of halogens is 1. The molecule has 2 fully saturated rings. The third-order valence-corrected chi connectivity index (χ3v) is 6.67. The lowest BCUT2D eigenvalue weighted by atomic mass is 9.85. The molecule has 0 bridgehead atoms. The topological polar surface area (TPSA) is 79.5 Å². The molecule has 0 amide bonds. The summed E-state index contributed by atoms with van der Waals surface area (Å²) in [5, 5.41) is 15.5. The molecule has 0 aliphatic carbocycles. The lowest BCUT2D eigenvalue weighted by Crippen LogP contribution is -2.38. The Morgan fingerprint density at radius 3 is 2.62 bits per heavy atom. The zero-order valence-electron chi connectivity index (χ0n) is 18.7. The number of likely N-dealkylation sites (tertiary alicyclic amines) is 1. The maximum Gasteiger partial charge on any atom is 0.320 e. The van der Waals surface area contributed by atoms with Crippen molar-refractivity contribution in [1.29, 1.82) is 0 Å². The summed E-state index contributed by atoms with van der Waals surface area (Å²) in [5.41, 5.74) is 3.00. The highest BCUT2D eigenvalue weighted by atomic mass is 19.1. The van der Waals surface area contributed by atoms with Crippen LogP contribution in [0.15, 0.2) is 24.4 Å². The van der Waals surface area contributed by atoms with E-state index in [1.165, 1.54) is 7.11 Å². The van der Waals surface area contributed by atoms with Gasteiger partial charge in [-0.15, -0.1) is 0 Å². The first-order valence-corrected chi connectivity index (χ1v) is 11.1. The molecule has 0 radical (unpaired) electrons. The number of piperidine rings is 1. The first kappa shape index (κ1) is 21.1. The van der Waals surface area contributed by atoms with Gasteiger partial charge >= 0.3 is 6.01 Å². The molecule has 2 aromatic heterocycles. The molecule has 3 aromatic rings. The van der Waals surface area contributed by atoms with Crippen LogP contribution in [-0.4, -0.2) is 82.4 Å². The van der Waals surface area contributed by atoms with Crippen molar-refractivity contribution in [2.45, 2.75) is 38.0 Å². The minimum Gasteiger partial charge on any atom is -0.467 e. The second kappa shape index (κ2) is 8.29. The van der Waals surface area contributed by atoms with Crippen LogP contribution in [0.4, 0.5) is 10.2 Å². The van der Waals surface area contributed by atoms with Gasteiger partial charge in [-0.05, 0) is 56.6 Å². The molecule has 32 heavy (non-hydrogen) atoms. The highest BCUT2D eigenvalue weighted by Gasteiger charge is 2.30. The number of aliphatic hydroxyl groups excluding tert-OH is 1. The van der Waals surface area contributed by atoms with Gasteiger partial charge in [0.2, 0.25) is 0 Å². The van der Waals surface area contributed by atoms with Crippen LogP contribution in [0.25, 0.3) is 16.7 Å². The number of benzene rings is 1. The molecule has 170 valence electrons. The van der Waals surface area contributed by atoms with Gasteiger partial charge in [0.25, 0.3) is 0 Å². The SMILES string of the molecule is COc1nc(N2CC[C@@H](O)C2)cc(-n2ncc3cc(C)c(C4CCN(C)CC4F)cc32)n1. The molecule has 4 heterocycles. The molecule has 3 atom stereocenters. The number of nitrogens with zero attached hydrogens (tertiary/aromatic N) is 6. The summed E-state index contributed by atoms with van der Waals surface area (Å²) in [4.78, 5) is 13.1. The number of aromatic nitrogens is 4. The molecule has 0 spiro atoms. The normalized spacial score (nSPS) is 24.4. The molecular formula is C23H29FN6O2. The van der Waals surface area contributed by atoms with E-state index in [1.54, 1.807) is 4.68 Å². The van der Waals surface area contributed by atoms with E-state index in [-0.39, 0.29) is 18.0 Å². The number of β-amino-alcohol motifs (C(OH)–C–C–N with tert-alkyl or cyclic N) is 1. The van der Waals surface area contributed by atoms with Crippen LogP contribution in [0.3, 0.4) is 0 Å². The second-order valence-electron chi connectivity index (χ2n) is 8.96. The number of alkyl halides is 1. The number of anilines is 1. The van der Waals surface area contributed by atoms with Crippen LogP contribution in [0.2, 0.25) is 0 Å². The van der Waals surface area contributed by atoms with E-state index in [1.807, 2.05) is 36.0 Å². The van der Waals surface area contributed by atoms with Crippen molar-refractivity contribution in [3.63, 3.8) is 0 Å². The lowest BCUT2D eigenvalue weighted by molar-refractivity contribution is 0.139. The number of aliphatic hydroxyl groups is 1. The Morgan fingerprint density at radius 2 is 1.91 bits per heavy atom. The van der Waals surface area contributed by atoms with E-state index in [2.05, 4.69) is 27.2 Å². The van der Waals surface area contributed by atoms with E-state index >= 15 is 0 Å². The second-order valence-corrected chi connectivity index (χ2v) is 8.96. The van der Waals surface area contributed by atoms with Gasteiger partial charge in [0.15, 0.2) is 5.82 Å². The monoisotopic (exact) mass is 440 g/mol. The molecule has 9 heteroatoms. The minimum atomic E-state index is -0.895. The molecule has 2 unspecified atom stereocenters. The van der Waals surface area contributed by atoms with Crippen LogP contribution >= 0.6 is 0 Å². The van der Waals surface area contributed by atoms with Gasteiger partial charge in [0.05, 0.1) is 24.9 Å². The smallest absolute Gasteiger partial charge is 0.320 e. The summed E-state index contributed by atoms with van der Waals surface area (Å²) < 4.78 is 22.1. The number of hydrogen-bond acceptors (Lipinski definition) is 7. The van der Waals surface area contributed by atoms with Gasteiger partial charge in [0, 0.05) is 37.0 Å². The molecular weight excluding hydrogens is 411 g/mol. The Morgan fingerprint density at radius 1 is 1.09 bits per heavy atom. The lowest BCUT2D eigenvalue weighted by Gasteiger charge is -2.33. The van der Waals surface area contributed by atoms with Crippen LogP contribution in [-0.2, 0) is 0 Å². The summed E-state index contributed by atoms with van der Waals surface area (Å²) in [6.45, 7) is 4.63. The van der Waals surface area contributed by atoms with Crippen molar-refractivity contribution in [2.75, 3.05) is 45.2 Å². The predicted molar refractivity (Wildman–Crippen MR) is 121 cm³/mol. The Balaban J connectivity index is 1.57. The van der Waals surface area contributed by atoms with Gasteiger partial charge in [-0.1, -0.05) is 0 Å². The number of aryl methyl sites for hydroxylation is 1. The molecule has 2 aliphatic heterocycles. The van der Waals surface area contributed by atoms with Crippen LogP contribution < -0.4 is 9.64 Å². The third kappa shape index (κ3) is 3.80. The molecule has 1 aromatic carbocycles. The summed E-state index contributed by atoms with van der Waals surface area (Å²) >= 11 is 0. The Labute approximate surface area is 186 Å². The summed E-state index contributed by atoms with van der Waals surface area (Å²) in [5.74, 6) is 1.15. The van der Waals surface area contributed by atoms with Gasteiger partial charge in [-0.3, -0.25) is 0 Å². The van der Waals surface area contributed by atoms with Crippen LogP contribution in [0.1, 0.15) is 29.9 Å². The predicted octanol–water partition coefficient (Wildman–Crippen LogP) is 2.46. The van der Waals surface area contributed by atoms with Gasteiger partial charge in [-0.2, -0.15) is 15.1 Å². The zero-order chi connectivity index (χ0) is 22.4. The van der Waals surface area contributed by atoms with Crippen LogP contribution in [0, 0.1) is 6.92 Å². The van der Waals surface area contributed by atoms with Crippen molar-refractivity contribution in [3.05, 3.63) is 35.5 Å². The number of rotatable bonds is 4. The molecule has 2 saturated heterocycles. The van der Waals surface area contributed by atoms with E-state index in [0.29, 0.717) is 31.1 Å². The van der Waals surface area contributed by atoms with E-state index in [9.17, 15) is 9.50 Å². The third-order valence-electron chi connectivity index (χ3n) is 6.67. The quantitative estimate of drug-likeness (QED) is 0.668. The maximum absolute atomic E-state index is 14.9. The molecule has 5 rings (SSSR count). The Kier molecular flexibility index (Phi) is 5.46. The highest BCUT2D eigenvalue weighted by molar-refractivity contribution is 5.82. The van der Waals surface area contributed by atoms with E-state index < -0.39 is 6.17 Å². The first-order chi connectivity index (χ1) is 15.4. The van der Waals surface area contributed by atoms with E-state index in [0.717, 1.165) is 41.5 Å².